The molecule has 3 aliphatic rings. The van der Waals surface area contributed by atoms with Gasteiger partial charge in [-0.3, -0.25) is 4.99 Å². The molecule has 0 aromatic rings. The maximum absolute atomic E-state index is 11.6. The number of sulfone groups is 1. The summed E-state index contributed by atoms with van der Waals surface area (Å²) in [6.45, 7) is 2.94. The summed E-state index contributed by atoms with van der Waals surface area (Å²) in [6, 6.07) is 1.07. The first kappa shape index (κ1) is 16.1. The van der Waals surface area contributed by atoms with E-state index in [1.165, 1.54) is 38.5 Å². The molecule has 3 atom stereocenters. The summed E-state index contributed by atoms with van der Waals surface area (Å²) in [5.41, 5.74) is 0. The van der Waals surface area contributed by atoms with E-state index in [-0.39, 0.29) is 5.92 Å². The zero-order valence-corrected chi connectivity index (χ0v) is 14.4. The summed E-state index contributed by atoms with van der Waals surface area (Å²) in [7, 11) is -2.80. The van der Waals surface area contributed by atoms with E-state index in [2.05, 4.69) is 17.6 Å². The van der Waals surface area contributed by atoms with Gasteiger partial charge < -0.3 is 10.6 Å². The van der Waals surface area contributed by atoms with Crippen LogP contribution in [0.15, 0.2) is 4.99 Å². The molecule has 5 nitrogen and oxygen atoms in total. The third kappa shape index (κ3) is 4.61. The molecule has 3 rings (SSSR count). The van der Waals surface area contributed by atoms with Crippen molar-refractivity contribution in [3.63, 3.8) is 0 Å². The van der Waals surface area contributed by atoms with Gasteiger partial charge in [-0.15, -0.1) is 0 Å². The number of hydrogen-bond donors (Lipinski definition) is 2. The van der Waals surface area contributed by atoms with E-state index in [1.807, 2.05) is 0 Å². The van der Waals surface area contributed by atoms with Crippen LogP contribution in [0.5, 0.6) is 0 Å². The summed E-state index contributed by atoms with van der Waals surface area (Å²) >= 11 is 0. The molecule has 0 aromatic heterocycles. The third-order valence-electron chi connectivity index (χ3n) is 5.19. The zero-order valence-electron chi connectivity index (χ0n) is 13.6. The highest BCUT2D eigenvalue weighted by Crippen LogP contribution is 2.24. The highest BCUT2D eigenvalue weighted by atomic mass is 32.2. The molecule has 0 aromatic carbocycles. The van der Waals surface area contributed by atoms with Crippen LogP contribution >= 0.6 is 0 Å². The summed E-state index contributed by atoms with van der Waals surface area (Å²) in [5, 5.41) is 7.10. The van der Waals surface area contributed by atoms with Crippen LogP contribution in [-0.2, 0) is 9.84 Å². The summed E-state index contributed by atoms with van der Waals surface area (Å²) in [4.78, 5) is 4.71. The highest BCUT2D eigenvalue weighted by molar-refractivity contribution is 7.91. The number of nitrogens with one attached hydrogen (secondary N) is 2. The van der Waals surface area contributed by atoms with Gasteiger partial charge in [0.15, 0.2) is 15.8 Å². The minimum Gasteiger partial charge on any atom is -0.354 e. The van der Waals surface area contributed by atoms with Crippen molar-refractivity contribution in [3.8, 4) is 0 Å². The molecule has 0 spiro atoms. The van der Waals surface area contributed by atoms with Gasteiger partial charge in [0.2, 0.25) is 0 Å². The van der Waals surface area contributed by atoms with E-state index in [1.54, 1.807) is 0 Å². The van der Waals surface area contributed by atoms with Crippen molar-refractivity contribution in [2.75, 3.05) is 18.1 Å². The molecule has 3 unspecified atom stereocenters. The number of aliphatic imine (C=N–C) groups is 1. The molecule has 0 bridgehead atoms. The minimum atomic E-state index is -2.80. The lowest BCUT2D eigenvalue weighted by atomic mass is 9.86. The summed E-state index contributed by atoms with van der Waals surface area (Å²) in [5.74, 6) is 2.45. The normalized spacial score (nSPS) is 35.3. The fourth-order valence-corrected chi connectivity index (χ4v) is 5.35. The molecule has 3 fully saturated rings. The SMILES string of the molecule is CC1CCCCC1NC(=NCC1CCS(=O)(=O)C1)NC1CC1. The molecule has 0 radical (unpaired) electrons. The third-order valence-corrected chi connectivity index (χ3v) is 7.02. The van der Waals surface area contributed by atoms with Gasteiger partial charge in [-0.25, -0.2) is 8.42 Å². The Kier molecular flexibility index (Phi) is 4.95. The van der Waals surface area contributed by atoms with Crippen molar-refractivity contribution in [1.29, 1.82) is 0 Å². The van der Waals surface area contributed by atoms with Crippen molar-refractivity contribution in [2.45, 2.75) is 64.0 Å². The van der Waals surface area contributed by atoms with Gasteiger partial charge in [0.05, 0.1) is 11.5 Å². The first-order valence-corrected chi connectivity index (χ1v) is 10.6. The molecule has 2 aliphatic carbocycles. The Bertz CT molecular complexity index is 513. The van der Waals surface area contributed by atoms with Crippen molar-refractivity contribution in [2.24, 2.45) is 16.8 Å². The Balaban J connectivity index is 1.57. The predicted molar refractivity (Wildman–Crippen MR) is 89.8 cm³/mol. The second-order valence-corrected chi connectivity index (χ2v) is 9.62. The Labute approximate surface area is 134 Å². The lowest BCUT2D eigenvalue weighted by Gasteiger charge is -2.31. The van der Waals surface area contributed by atoms with Gasteiger partial charge >= 0.3 is 0 Å². The van der Waals surface area contributed by atoms with Gasteiger partial charge in [-0.1, -0.05) is 19.8 Å². The second-order valence-electron chi connectivity index (χ2n) is 7.39. The van der Waals surface area contributed by atoms with Gasteiger partial charge in [-0.2, -0.15) is 0 Å². The number of hydrogen-bond acceptors (Lipinski definition) is 3. The second kappa shape index (κ2) is 6.77. The van der Waals surface area contributed by atoms with E-state index in [0.29, 0.717) is 36.1 Å². The Morgan fingerprint density at radius 3 is 2.50 bits per heavy atom. The van der Waals surface area contributed by atoms with Crippen LogP contribution in [0, 0.1) is 11.8 Å². The van der Waals surface area contributed by atoms with Crippen LogP contribution in [0.1, 0.15) is 51.9 Å². The number of guanidine groups is 1. The van der Waals surface area contributed by atoms with Crippen LogP contribution < -0.4 is 10.6 Å². The van der Waals surface area contributed by atoms with E-state index in [4.69, 9.17) is 4.99 Å². The maximum Gasteiger partial charge on any atom is 0.191 e. The Hall–Kier alpha value is -0.780. The maximum atomic E-state index is 11.6. The largest absolute Gasteiger partial charge is 0.354 e. The molecular weight excluding hydrogens is 298 g/mol. The quantitative estimate of drug-likeness (QED) is 0.609. The van der Waals surface area contributed by atoms with Crippen LogP contribution in [0.25, 0.3) is 0 Å². The topological polar surface area (TPSA) is 70.6 Å². The predicted octanol–water partition coefficient (Wildman–Crippen LogP) is 1.70. The standard InChI is InChI=1S/C16H29N3O2S/c1-12-4-2-3-5-15(12)19-16(18-14-6-7-14)17-10-13-8-9-22(20,21)11-13/h12-15H,2-11H2,1H3,(H2,17,18,19). The van der Waals surface area contributed by atoms with E-state index in [9.17, 15) is 8.42 Å². The van der Waals surface area contributed by atoms with Crippen molar-refractivity contribution in [3.05, 3.63) is 0 Å². The molecule has 2 N–H and O–H groups in total. The average Bonchev–Trinajstić information content (AvgIpc) is 3.21. The van der Waals surface area contributed by atoms with Crippen LogP contribution in [0.2, 0.25) is 0 Å². The zero-order chi connectivity index (χ0) is 15.6. The fraction of sp³-hybridized carbons (Fsp3) is 0.938. The van der Waals surface area contributed by atoms with Gasteiger partial charge in [-0.05, 0) is 43.9 Å². The Morgan fingerprint density at radius 2 is 1.86 bits per heavy atom. The lowest BCUT2D eigenvalue weighted by molar-refractivity contribution is 0.306. The van der Waals surface area contributed by atoms with Gasteiger partial charge in [0.25, 0.3) is 0 Å². The molecule has 0 amide bonds. The monoisotopic (exact) mass is 327 g/mol. The van der Waals surface area contributed by atoms with Crippen LogP contribution in [0.3, 0.4) is 0 Å². The van der Waals surface area contributed by atoms with Crippen LogP contribution in [-0.4, -0.2) is 44.5 Å². The molecule has 2 saturated carbocycles. The fourth-order valence-electron chi connectivity index (χ4n) is 3.50. The van der Waals surface area contributed by atoms with E-state index in [0.717, 1.165) is 12.4 Å². The molecule has 126 valence electrons. The summed E-state index contributed by atoms with van der Waals surface area (Å²) in [6.07, 6.45) is 8.33. The first-order chi connectivity index (χ1) is 10.5. The van der Waals surface area contributed by atoms with E-state index < -0.39 is 9.84 Å². The number of nitrogens with zero attached hydrogens (tertiary/aromatic N) is 1. The van der Waals surface area contributed by atoms with Gasteiger partial charge in [0.1, 0.15) is 0 Å². The lowest BCUT2D eigenvalue weighted by Crippen LogP contribution is -2.48. The molecular formula is C16H29N3O2S. The van der Waals surface area contributed by atoms with Crippen molar-refractivity contribution >= 4 is 15.8 Å². The van der Waals surface area contributed by atoms with Crippen molar-refractivity contribution in [1.82, 2.24) is 10.6 Å². The number of rotatable bonds is 4. The Morgan fingerprint density at radius 1 is 1.09 bits per heavy atom. The average molecular weight is 327 g/mol. The van der Waals surface area contributed by atoms with E-state index >= 15 is 0 Å². The van der Waals surface area contributed by atoms with Crippen LogP contribution in [0.4, 0.5) is 0 Å². The molecule has 1 saturated heterocycles. The highest BCUT2D eigenvalue weighted by Gasteiger charge is 2.29. The van der Waals surface area contributed by atoms with Crippen molar-refractivity contribution < 1.29 is 8.42 Å². The molecule has 1 heterocycles. The minimum absolute atomic E-state index is 0.201. The smallest absolute Gasteiger partial charge is 0.191 e. The molecule has 1 aliphatic heterocycles. The van der Waals surface area contributed by atoms with Gasteiger partial charge in [0, 0.05) is 18.6 Å². The first-order valence-electron chi connectivity index (χ1n) is 8.80. The molecule has 6 heteroatoms. The summed E-state index contributed by atoms with van der Waals surface area (Å²) < 4.78 is 23.1. The molecule has 22 heavy (non-hydrogen) atoms.